The number of aromatic nitrogens is 1. The van der Waals surface area contributed by atoms with E-state index in [2.05, 4.69) is 9.88 Å². The third-order valence-corrected chi connectivity index (χ3v) is 4.25. The SMILES string of the molecule is NC(=O)C1CCN(Cc2cc(=O)c3cccc(F)c3[nH]2)CC1. The van der Waals surface area contributed by atoms with Crippen LogP contribution < -0.4 is 11.2 Å². The number of rotatable bonds is 3. The predicted octanol–water partition coefficient (Wildman–Crippen LogP) is 1.36. The van der Waals surface area contributed by atoms with Gasteiger partial charge < -0.3 is 10.7 Å². The van der Waals surface area contributed by atoms with Gasteiger partial charge in [0, 0.05) is 29.6 Å². The van der Waals surface area contributed by atoms with Crippen molar-refractivity contribution in [1.29, 1.82) is 0 Å². The summed E-state index contributed by atoms with van der Waals surface area (Å²) in [6.45, 7) is 2.01. The Bertz CT molecular complexity index is 764. The van der Waals surface area contributed by atoms with E-state index in [9.17, 15) is 14.0 Å². The molecule has 1 aliphatic heterocycles. The Labute approximate surface area is 126 Å². The molecule has 0 spiro atoms. The van der Waals surface area contributed by atoms with E-state index in [0.29, 0.717) is 17.6 Å². The van der Waals surface area contributed by atoms with Gasteiger partial charge in [-0.05, 0) is 38.1 Å². The minimum absolute atomic E-state index is 0.0654. The largest absolute Gasteiger partial charge is 0.369 e. The number of primary amides is 1. The van der Waals surface area contributed by atoms with Gasteiger partial charge in [-0.15, -0.1) is 0 Å². The van der Waals surface area contributed by atoms with Crippen molar-refractivity contribution < 1.29 is 9.18 Å². The zero-order valence-corrected chi connectivity index (χ0v) is 12.1. The Morgan fingerprint density at radius 3 is 2.77 bits per heavy atom. The summed E-state index contributed by atoms with van der Waals surface area (Å²) >= 11 is 0. The lowest BCUT2D eigenvalue weighted by Gasteiger charge is -2.30. The molecule has 6 heteroatoms. The van der Waals surface area contributed by atoms with E-state index in [1.54, 1.807) is 6.07 Å². The number of pyridine rings is 1. The lowest BCUT2D eigenvalue weighted by atomic mass is 9.96. The summed E-state index contributed by atoms with van der Waals surface area (Å²) in [6, 6.07) is 5.99. The first-order valence-corrected chi connectivity index (χ1v) is 7.36. The smallest absolute Gasteiger partial charge is 0.220 e. The van der Waals surface area contributed by atoms with Gasteiger partial charge in [0.15, 0.2) is 5.43 Å². The van der Waals surface area contributed by atoms with Gasteiger partial charge in [0.2, 0.25) is 5.91 Å². The van der Waals surface area contributed by atoms with E-state index in [1.807, 2.05) is 0 Å². The van der Waals surface area contributed by atoms with Crippen LogP contribution in [0.25, 0.3) is 10.9 Å². The monoisotopic (exact) mass is 303 g/mol. The quantitative estimate of drug-likeness (QED) is 0.898. The molecule has 0 bridgehead atoms. The third-order valence-electron chi connectivity index (χ3n) is 4.25. The van der Waals surface area contributed by atoms with Gasteiger partial charge >= 0.3 is 0 Å². The number of likely N-dealkylation sites (tertiary alicyclic amines) is 1. The van der Waals surface area contributed by atoms with Crippen LogP contribution in [0.5, 0.6) is 0 Å². The zero-order chi connectivity index (χ0) is 15.7. The van der Waals surface area contributed by atoms with Gasteiger partial charge in [0.05, 0.1) is 5.52 Å². The topological polar surface area (TPSA) is 79.2 Å². The molecule has 1 aromatic carbocycles. The van der Waals surface area contributed by atoms with Crippen LogP contribution in [-0.4, -0.2) is 28.9 Å². The van der Waals surface area contributed by atoms with Crippen molar-refractivity contribution in [3.8, 4) is 0 Å². The number of halogens is 1. The van der Waals surface area contributed by atoms with Crippen LogP contribution in [-0.2, 0) is 11.3 Å². The number of aromatic amines is 1. The number of amides is 1. The number of hydrogen-bond acceptors (Lipinski definition) is 3. The Hall–Kier alpha value is -2.21. The van der Waals surface area contributed by atoms with Crippen molar-refractivity contribution >= 4 is 16.8 Å². The Morgan fingerprint density at radius 1 is 1.36 bits per heavy atom. The van der Waals surface area contributed by atoms with Gasteiger partial charge in [0.25, 0.3) is 0 Å². The first-order chi connectivity index (χ1) is 10.5. The lowest BCUT2D eigenvalue weighted by Crippen LogP contribution is -2.38. The van der Waals surface area contributed by atoms with Crippen LogP contribution in [0.15, 0.2) is 29.1 Å². The lowest BCUT2D eigenvalue weighted by molar-refractivity contribution is -0.123. The maximum atomic E-state index is 13.8. The standard InChI is InChI=1S/C16H18FN3O2/c17-13-3-1-2-12-14(21)8-11(19-15(12)13)9-20-6-4-10(5-7-20)16(18)22/h1-3,8,10H,4-7,9H2,(H2,18,22)(H,19,21). The van der Waals surface area contributed by atoms with E-state index in [0.717, 1.165) is 25.9 Å². The normalized spacial score (nSPS) is 17.0. The van der Waals surface area contributed by atoms with E-state index in [-0.39, 0.29) is 22.8 Å². The van der Waals surface area contributed by atoms with Gasteiger partial charge in [0.1, 0.15) is 5.82 Å². The Kier molecular flexibility index (Phi) is 3.94. The highest BCUT2D eigenvalue weighted by Gasteiger charge is 2.23. The summed E-state index contributed by atoms with van der Waals surface area (Å²) < 4.78 is 13.8. The first kappa shape index (κ1) is 14.7. The maximum absolute atomic E-state index is 13.8. The third kappa shape index (κ3) is 2.87. The van der Waals surface area contributed by atoms with E-state index in [1.165, 1.54) is 18.2 Å². The van der Waals surface area contributed by atoms with Gasteiger partial charge in [-0.2, -0.15) is 0 Å². The number of para-hydroxylation sites is 1. The van der Waals surface area contributed by atoms with Crippen molar-refractivity contribution in [1.82, 2.24) is 9.88 Å². The molecule has 1 saturated heterocycles. The van der Waals surface area contributed by atoms with Crippen molar-refractivity contribution in [2.75, 3.05) is 13.1 Å². The van der Waals surface area contributed by atoms with E-state index in [4.69, 9.17) is 5.73 Å². The number of fused-ring (bicyclic) bond motifs is 1. The Balaban J connectivity index is 1.79. The number of nitrogens with zero attached hydrogens (tertiary/aromatic N) is 1. The second-order valence-corrected chi connectivity index (χ2v) is 5.77. The highest BCUT2D eigenvalue weighted by Crippen LogP contribution is 2.19. The van der Waals surface area contributed by atoms with Crippen molar-refractivity contribution in [3.63, 3.8) is 0 Å². The molecule has 0 saturated carbocycles. The summed E-state index contributed by atoms with van der Waals surface area (Å²) in [5.41, 5.74) is 6.06. The van der Waals surface area contributed by atoms with Crippen molar-refractivity contribution in [2.24, 2.45) is 11.7 Å². The maximum Gasteiger partial charge on any atom is 0.220 e. The molecule has 0 aliphatic carbocycles. The first-order valence-electron chi connectivity index (χ1n) is 7.36. The summed E-state index contributed by atoms with van der Waals surface area (Å²) in [6.07, 6.45) is 1.45. The van der Waals surface area contributed by atoms with Gasteiger partial charge in [-0.25, -0.2) is 4.39 Å². The molecule has 3 rings (SSSR count). The molecule has 116 valence electrons. The summed E-state index contributed by atoms with van der Waals surface area (Å²) in [7, 11) is 0. The minimum atomic E-state index is -0.427. The molecular formula is C16H18FN3O2. The predicted molar refractivity (Wildman–Crippen MR) is 81.7 cm³/mol. The molecule has 1 fully saturated rings. The molecule has 1 amide bonds. The van der Waals surface area contributed by atoms with Gasteiger partial charge in [-0.1, -0.05) is 6.07 Å². The number of nitrogens with one attached hydrogen (secondary N) is 1. The fourth-order valence-electron chi connectivity index (χ4n) is 2.99. The molecule has 3 N–H and O–H groups in total. The van der Waals surface area contributed by atoms with Gasteiger partial charge in [-0.3, -0.25) is 14.5 Å². The van der Waals surface area contributed by atoms with E-state index >= 15 is 0 Å². The molecule has 0 atom stereocenters. The molecule has 1 aromatic heterocycles. The molecule has 1 aliphatic rings. The highest BCUT2D eigenvalue weighted by atomic mass is 19.1. The second kappa shape index (κ2) is 5.88. The van der Waals surface area contributed by atoms with Crippen LogP contribution in [0.3, 0.4) is 0 Å². The fraction of sp³-hybridized carbons (Fsp3) is 0.375. The van der Waals surface area contributed by atoms with Crippen LogP contribution in [0.2, 0.25) is 0 Å². The molecular weight excluding hydrogens is 285 g/mol. The number of carbonyl (C=O) groups is 1. The molecule has 2 aromatic rings. The van der Waals surface area contributed by atoms with Crippen molar-refractivity contribution in [3.05, 3.63) is 46.0 Å². The average Bonchev–Trinajstić information content (AvgIpc) is 2.49. The fourth-order valence-corrected chi connectivity index (χ4v) is 2.99. The summed E-state index contributed by atoms with van der Waals surface area (Å²) in [4.78, 5) is 28.4. The van der Waals surface area contributed by atoms with Crippen LogP contribution in [0.1, 0.15) is 18.5 Å². The summed E-state index contributed by atoms with van der Waals surface area (Å²) in [5, 5.41) is 0.358. The number of H-pyrrole nitrogens is 1. The summed E-state index contributed by atoms with van der Waals surface area (Å²) in [5.74, 6) is -0.742. The molecule has 5 nitrogen and oxygen atoms in total. The average molecular weight is 303 g/mol. The number of benzene rings is 1. The van der Waals surface area contributed by atoms with Crippen LogP contribution in [0, 0.1) is 11.7 Å². The number of piperidine rings is 1. The second-order valence-electron chi connectivity index (χ2n) is 5.77. The minimum Gasteiger partial charge on any atom is -0.369 e. The highest BCUT2D eigenvalue weighted by molar-refractivity contribution is 5.79. The molecule has 2 heterocycles. The number of carbonyl (C=O) groups excluding carboxylic acids is 1. The van der Waals surface area contributed by atoms with Crippen molar-refractivity contribution in [2.45, 2.75) is 19.4 Å². The number of hydrogen-bond donors (Lipinski definition) is 2. The van der Waals surface area contributed by atoms with E-state index < -0.39 is 5.82 Å². The molecule has 0 radical (unpaired) electrons. The molecule has 22 heavy (non-hydrogen) atoms. The van der Waals surface area contributed by atoms with Crippen LogP contribution >= 0.6 is 0 Å². The zero-order valence-electron chi connectivity index (χ0n) is 12.1. The number of nitrogens with two attached hydrogens (primary N) is 1. The molecule has 0 unspecified atom stereocenters. The van der Waals surface area contributed by atoms with Crippen LogP contribution in [0.4, 0.5) is 4.39 Å². The Morgan fingerprint density at radius 2 is 2.09 bits per heavy atom.